The summed E-state index contributed by atoms with van der Waals surface area (Å²) in [5.74, 6) is 0.682. The SMILES string of the molecule is Cc1nc(CNC(=O)C2(C(N)=S)CCOCC2)no1. The fourth-order valence-corrected chi connectivity index (χ4v) is 2.34. The molecule has 7 nitrogen and oxygen atoms in total. The summed E-state index contributed by atoms with van der Waals surface area (Å²) in [7, 11) is 0. The van der Waals surface area contributed by atoms with Gasteiger partial charge in [-0.25, -0.2) is 0 Å². The second-order valence-corrected chi connectivity index (χ2v) is 4.91. The Kier molecular flexibility index (Phi) is 4.11. The number of amides is 1. The number of carbonyl (C=O) groups is 1. The molecule has 0 unspecified atom stereocenters. The molecule has 19 heavy (non-hydrogen) atoms. The number of aromatic nitrogens is 2. The fourth-order valence-electron chi connectivity index (χ4n) is 2.05. The van der Waals surface area contributed by atoms with Gasteiger partial charge in [-0.05, 0) is 12.8 Å². The van der Waals surface area contributed by atoms with Crippen LogP contribution in [-0.2, 0) is 16.1 Å². The van der Waals surface area contributed by atoms with Crippen molar-refractivity contribution in [1.29, 1.82) is 0 Å². The van der Waals surface area contributed by atoms with Crippen LogP contribution < -0.4 is 11.1 Å². The van der Waals surface area contributed by atoms with Crippen molar-refractivity contribution < 1.29 is 14.1 Å². The molecule has 1 fully saturated rings. The lowest BCUT2D eigenvalue weighted by Crippen LogP contribution is -2.51. The van der Waals surface area contributed by atoms with Crippen LogP contribution in [-0.4, -0.2) is 34.3 Å². The predicted molar refractivity (Wildman–Crippen MR) is 70.2 cm³/mol. The van der Waals surface area contributed by atoms with Crippen molar-refractivity contribution in [2.24, 2.45) is 11.1 Å². The topological polar surface area (TPSA) is 103 Å². The highest BCUT2D eigenvalue weighted by molar-refractivity contribution is 7.80. The van der Waals surface area contributed by atoms with E-state index in [-0.39, 0.29) is 17.4 Å². The third-order valence-corrected chi connectivity index (χ3v) is 3.62. The zero-order valence-electron chi connectivity index (χ0n) is 10.6. The molecule has 1 saturated heterocycles. The minimum Gasteiger partial charge on any atom is -0.392 e. The number of aryl methyl sites for hydroxylation is 1. The van der Waals surface area contributed by atoms with Gasteiger partial charge in [0.2, 0.25) is 11.8 Å². The first-order valence-electron chi connectivity index (χ1n) is 6.00. The number of carbonyl (C=O) groups excluding carboxylic acids is 1. The summed E-state index contributed by atoms with van der Waals surface area (Å²) in [6.45, 7) is 2.84. The second-order valence-electron chi connectivity index (χ2n) is 4.47. The summed E-state index contributed by atoms with van der Waals surface area (Å²) in [4.78, 5) is 16.5. The van der Waals surface area contributed by atoms with E-state index in [1.165, 1.54) is 0 Å². The summed E-state index contributed by atoms with van der Waals surface area (Å²) in [6.07, 6.45) is 0.999. The first kappa shape index (κ1) is 13.9. The lowest BCUT2D eigenvalue weighted by Gasteiger charge is -2.34. The summed E-state index contributed by atoms with van der Waals surface area (Å²) >= 11 is 5.05. The van der Waals surface area contributed by atoms with Gasteiger partial charge in [-0.15, -0.1) is 0 Å². The zero-order chi connectivity index (χ0) is 13.9. The Labute approximate surface area is 115 Å². The van der Waals surface area contributed by atoms with Crippen LogP contribution in [0.4, 0.5) is 0 Å². The molecule has 1 aliphatic heterocycles. The van der Waals surface area contributed by atoms with Gasteiger partial charge in [0, 0.05) is 20.1 Å². The Morgan fingerprint density at radius 2 is 2.21 bits per heavy atom. The van der Waals surface area contributed by atoms with Crippen LogP contribution in [0.15, 0.2) is 4.52 Å². The average molecular weight is 284 g/mol. The molecule has 1 aromatic heterocycles. The zero-order valence-corrected chi connectivity index (χ0v) is 11.5. The van der Waals surface area contributed by atoms with Crippen molar-refractivity contribution in [3.8, 4) is 0 Å². The van der Waals surface area contributed by atoms with Crippen molar-refractivity contribution in [3.63, 3.8) is 0 Å². The molecule has 0 bridgehead atoms. The molecule has 1 aromatic rings. The van der Waals surface area contributed by atoms with E-state index in [2.05, 4.69) is 15.5 Å². The first-order valence-corrected chi connectivity index (χ1v) is 6.40. The van der Waals surface area contributed by atoms with Crippen molar-refractivity contribution >= 4 is 23.1 Å². The molecule has 1 amide bonds. The van der Waals surface area contributed by atoms with Crippen LogP contribution >= 0.6 is 12.2 Å². The maximum Gasteiger partial charge on any atom is 0.233 e. The number of hydrogen-bond donors (Lipinski definition) is 2. The molecular weight excluding hydrogens is 268 g/mol. The summed E-state index contributed by atoms with van der Waals surface area (Å²) in [5.41, 5.74) is 4.91. The monoisotopic (exact) mass is 284 g/mol. The van der Waals surface area contributed by atoms with E-state index in [0.29, 0.717) is 37.8 Å². The smallest absolute Gasteiger partial charge is 0.233 e. The molecule has 0 saturated carbocycles. The number of ether oxygens (including phenoxy) is 1. The molecule has 104 valence electrons. The van der Waals surface area contributed by atoms with Gasteiger partial charge in [0.25, 0.3) is 0 Å². The van der Waals surface area contributed by atoms with Gasteiger partial charge in [0.1, 0.15) is 5.41 Å². The number of thiocarbonyl (C=S) groups is 1. The van der Waals surface area contributed by atoms with Crippen molar-refractivity contribution in [3.05, 3.63) is 11.7 Å². The highest BCUT2D eigenvalue weighted by atomic mass is 32.1. The van der Waals surface area contributed by atoms with Crippen LogP contribution in [0, 0.1) is 12.3 Å². The highest BCUT2D eigenvalue weighted by Crippen LogP contribution is 2.31. The Balaban J connectivity index is 2.02. The largest absolute Gasteiger partial charge is 0.392 e. The van der Waals surface area contributed by atoms with Gasteiger partial charge in [-0.2, -0.15) is 4.98 Å². The third kappa shape index (κ3) is 2.90. The molecule has 0 atom stereocenters. The Bertz CT molecular complexity index is 482. The average Bonchev–Trinajstić information content (AvgIpc) is 2.82. The quantitative estimate of drug-likeness (QED) is 0.754. The van der Waals surface area contributed by atoms with Crippen LogP contribution in [0.2, 0.25) is 0 Å². The highest BCUT2D eigenvalue weighted by Gasteiger charge is 2.42. The van der Waals surface area contributed by atoms with Crippen molar-refractivity contribution in [1.82, 2.24) is 15.5 Å². The van der Waals surface area contributed by atoms with Crippen molar-refractivity contribution in [2.45, 2.75) is 26.3 Å². The molecule has 0 aromatic carbocycles. The predicted octanol–water partition coefficient (Wildman–Crippen LogP) is 0.0771. The van der Waals surface area contributed by atoms with Gasteiger partial charge >= 0.3 is 0 Å². The molecule has 2 rings (SSSR count). The van der Waals surface area contributed by atoms with Gasteiger partial charge in [-0.1, -0.05) is 17.4 Å². The van der Waals surface area contributed by atoms with E-state index in [1.807, 2.05) is 0 Å². The van der Waals surface area contributed by atoms with Gasteiger partial charge in [-0.3, -0.25) is 4.79 Å². The molecule has 8 heteroatoms. The summed E-state index contributed by atoms with van der Waals surface area (Å²) in [5, 5.41) is 6.47. The summed E-state index contributed by atoms with van der Waals surface area (Å²) < 4.78 is 10.1. The van der Waals surface area contributed by atoms with E-state index in [9.17, 15) is 4.79 Å². The maximum absolute atomic E-state index is 12.3. The first-order chi connectivity index (χ1) is 9.04. The van der Waals surface area contributed by atoms with E-state index in [4.69, 9.17) is 27.2 Å². The molecule has 0 radical (unpaired) electrons. The molecule has 0 aliphatic carbocycles. The van der Waals surface area contributed by atoms with E-state index >= 15 is 0 Å². The maximum atomic E-state index is 12.3. The number of nitrogens with zero attached hydrogens (tertiary/aromatic N) is 2. The molecule has 2 heterocycles. The standard InChI is InChI=1S/C11H16N4O3S/c1-7-14-8(15-18-7)6-13-10(16)11(9(12)19)2-4-17-5-3-11/h2-6H2,1H3,(H2,12,19)(H,13,16). The lowest BCUT2D eigenvalue weighted by atomic mass is 9.79. The fraction of sp³-hybridized carbons (Fsp3) is 0.636. The lowest BCUT2D eigenvalue weighted by molar-refractivity contribution is -0.131. The molecular formula is C11H16N4O3S. The van der Waals surface area contributed by atoms with E-state index < -0.39 is 5.41 Å². The minimum absolute atomic E-state index is 0.196. The van der Waals surface area contributed by atoms with Crippen LogP contribution in [0.25, 0.3) is 0 Å². The number of hydrogen-bond acceptors (Lipinski definition) is 6. The number of nitrogens with one attached hydrogen (secondary N) is 1. The van der Waals surface area contributed by atoms with E-state index in [0.717, 1.165) is 0 Å². The second kappa shape index (κ2) is 5.62. The Hall–Kier alpha value is -1.54. The van der Waals surface area contributed by atoms with Crippen LogP contribution in [0.1, 0.15) is 24.6 Å². The summed E-state index contributed by atoms with van der Waals surface area (Å²) in [6, 6.07) is 0. The Morgan fingerprint density at radius 3 is 2.74 bits per heavy atom. The minimum atomic E-state index is -0.827. The normalized spacial score (nSPS) is 17.9. The third-order valence-electron chi connectivity index (χ3n) is 3.23. The van der Waals surface area contributed by atoms with E-state index in [1.54, 1.807) is 6.92 Å². The molecule has 3 N–H and O–H groups in total. The van der Waals surface area contributed by atoms with Crippen LogP contribution in [0.5, 0.6) is 0 Å². The van der Waals surface area contributed by atoms with Crippen LogP contribution in [0.3, 0.4) is 0 Å². The van der Waals surface area contributed by atoms with Crippen molar-refractivity contribution in [2.75, 3.05) is 13.2 Å². The number of rotatable bonds is 4. The van der Waals surface area contributed by atoms with Gasteiger partial charge in [0.05, 0.1) is 11.5 Å². The van der Waals surface area contributed by atoms with Gasteiger partial charge < -0.3 is 20.3 Å². The molecule has 0 spiro atoms. The Morgan fingerprint density at radius 1 is 1.53 bits per heavy atom. The van der Waals surface area contributed by atoms with Gasteiger partial charge in [0.15, 0.2) is 5.82 Å². The molecule has 1 aliphatic rings. The number of nitrogens with two attached hydrogens (primary N) is 1.